The molecule has 3 rings (SSSR count). The van der Waals surface area contributed by atoms with Gasteiger partial charge in [0.05, 0.1) is 5.94 Å². The molecule has 0 aromatic heterocycles. The summed E-state index contributed by atoms with van der Waals surface area (Å²) in [4.78, 5) is 28.8. The van der Waals surface area contributed by atoms with E-state index in [1.54, 1.807) is 0 Å². The lowest BCUT2D eigenvalue weighted by Gasteiger charge is -2.22. The molecule has 174 valence electrons. The fourth-order valence-corrected chi connectivity index (χ4v) is 4.55. The second kappa shape index (κ2) is 11.8. The molecule has 7 N–H and O–H groups in total. The highest BCUT2D eigenvalue weighted by Crippen LogP contribution is 2.26. The Morgan fingerprint density at radius 2 is 1.84 bits per heavy atom. The lowest BCUT2D eigenvalue weighted by Crippen LogP contribution is -2.51. The first-order chi connectivity index (χ1) is 15.4. The molecule has 2 aliphatic carbocycles. The Hall–Kier alpha value is -2.75. The number of hydrogen-bond donors (Lipinski definition) is 5. The standard InChI is InChI=1S/C22H34BN5O4/c24-21(25)26-11-5-10-19(28-20(29)16-6-1-2-7-16)23(31)32-22(30)27-14-15-12-17-8-3-4-9-18(17)13-15/h3-4,8-9,15-16,19,31H,1-2,5-7,10-14H2,(H,27,30)(H,28,29)(H4,24,25,26). The van der Waals surface area contributed by atoms with E-state index in [0.29, 0.717) is 31.8 Å². The number of nitrogens with two attached hydrogens (primary N) is 2. The van der Waals surface area contributed by atoms with Crippen LogP contribution in [0.15, 0.2) is 29.3 Å². The van der Waals surface area contributed by atoms with Crippen molar-refractivity contribution in [3.05, 3.63) is 35.4 Å². The van der Waals surface area contributed by atoms with Crippen molar-refractivity contribution in [3.8, 4) is 0 Å². The summed E-state index contributed by atoms with van der Waals surface area (Å²) in [5, 5.41) is 16.1. The molecule has 2 amide bonds. The van der Waals surface area contributed by atoms with Gasteiger partial charge < -0.3 is 31.8 Å². The number of hydrogen-bond acceptors (Lipinski definition) is 5. The van der Waals surface area contributed by atoms with Gasteiger partial charge in [-0.15, -0.1) is 0 Å². The fraction of sp³-hybridized carbons (Fsp3) is 0.591. The van der Waals surface area contributed by atoms with Crippen LogP contribution in [0, 0.1) is 11.8 Å². The summed E-state index contributed by atoms with van der Waals surface area (Å²) < 4.78 is 5.20. The predicted molar refractivity (Wildman–Crippen MR) is 124 cm³/mol. The normalized spacial score (nSPS) is 16.8. The van der Waals surface area contributed by atoms with E-state index in [2.05, 4.69) is 27.8 Å². The Bertz CT molecular complexity index is 786. The Kier molecular flexibility index (Phi) is 8.78. The van der Waals surface area contributed by atoms with Crippen molar-refractivity contribution in [3.63, 3.8) is 0 Å². The summed E-state index contributed by atoms with van der Waals surface area (Å²) >= 11 is 0. The molecule has 0 bridgehead atoms. The van der Waals surface area contributed by atoms with E-state index in [0.717, 1.165) is 38.5 Å². The van der Waals surface area contributed by atoms with Gasteiger partial charge in [-0.2, -0.15) is 0 Å². The average molecular weight is 443 g/mol. The van der Waals surface area contributed by atoms with Crippen molar-refractivity contribution < 1.29 is 19.3 Å². The molecule has 2 aliphatic rings. The number of fused-ring (bicyclic) bond motifs is 1. The lowest BCUT2D eigenvalue weighted by atomic mass is 9.75. The molecular weight excluding hydrogens is 409 g/mol. The van der Waals surface area contributed by atoms with E-state index >= 15 is 0 Å². The third-order valence-electron chi connectivity index (χ3n) is 6.26. The Balaban J connectivity index is 1.47. The first-order valence-corrected chi connectivity index (χ1v) is 11.5. The number of nitrogens with one attached hydrogen (secondary N) is 2. The maximum absolute atomic E-state index is 12.5. The van der Waals surface area contributed by atoms with Crippen molar-refractivity contribution >= 4 is 25.1 Å². The van der Waals surface area contributed by atoms with Crippen LogP contribution in [-0.2, 0) is 22.3 Å². The predicted octanol–water partition coefficient (Wildman–Crippen LogP) is 0.876. The van der Waals surface area contributed by atoms with E-state index in [-0.39, 0.29) is 17.8 Å². The highest BCUT2D eigenvalue weighted by molar-refractivity contribution is 6.47. The third kappa shape index (κ3) is 7.15. The zero-order valence-electron chi connectivity index (χ0n) is 18.5. The second-order valence-electron chi connectivity index (χ2n) is 8.77. The van der Waals surface area contributed by atoms with Gasteiger partial charge in [0, 0.05) is 19.0 Å². The van der Waals surface area contributed by atoms with E-state index in [9.17, 15) is 14.6 Å². The molecule has 0 radical (unpaired) electrons. The van der Waals surface area contributed by atoms with Gasteiger partial charge in [0.25, 0.3) is 0 Å². The third-order valence-corrected chi connectivity index (χ3v) is 6.26. The van der Waals surface area contributed by atoms with Crippen LogP contribution in [-0.4, -0.2) is 49.1 Å². The lowest BCUT2D eigenvalue weighted by molar-refractivity contribution is -0.125. The van der Waals surface area contributed by atoms with Crippen molar-refractivity contribution in [2.75, 3.05) is 13.1 Å². The number of benzene rings is 1. The molecule has 1 aromatic carbocycles. The molecule has 0 saturated heterocycles. The molecule has 0 spiro atoms. The number of carbonyl (C=O) groups excluding carboxylic acids is 2. The topological polar surface area (TPSA) is 152 Å². The molecular formula is C22H34BN5O4. The molecule has 1 atom stereocenters. The van der Waals surface area contributed by atoms with Gasteiger partial charge in [-0.05, 0) is 55.6 Å². The number of carbonyl (C=O) groups is 2. The Morgan fingerprint density at radius 1 is 1.19 bits per heavy atom. The molecule has 1 saturated carbocycles. The van der Waals surface area contributed by atoms with Crippen molar-refractivity contribution in [2.45, 2.75) is 57.3 Å². The summed E-state index contributed by atoms with van der Waals surface area (Å²) in [6.07, 6.45) is 5.75. The first kappa shape index (κ1) is 23.9. The van der Waals surface area contributed by atoms with E-state index in [1.165, 1.54) is 11.1 Å². The number of amides is 2. The van der Waals surface area contributed by atoms with Crippen LogP contribution < -0.4 is 22.1 Å². The quantitative estimate of drug-likeness (QED) is 0.157. The molecule has 10 heteroatoms. The Labute approximate surface area is 189 Å². The number of aliphatic imine (C=N–C) groups is 1. The maximum atomic E-state index is 12.5. The van der Waals surface area contributed by atoms with Crippen molar-refractivity contribution in [1.82, 2.24) is 10.6 Å². The molecule has 1 aromatic rings. The van der Waals surface area contributed by atoms with Crippen LogP contribution >= 0.6 is 0 Å². The number of nitrogens with zero attached hydrogens (tertiary/aromatic N) is 1. The molecule has 1 fully saturated rings. The van der Waals surface area contributed by atoms with Crippen LogP contribution in [0.5, 0.6) is 0 Å². The molecule has 1 unspecified atom stereocenters. The van der Waals surface area contributed by atoms with Crippen molar-refractivity contribution in [1.29, 1.82) is 0 Å². The zero-order chi connectivity index (χ0) is 22.9. The number of guanidine groups is 1. The highest BCUT2D eigenvalue weighted by atomic mass is 16.6. The van der Waals surface area contributed by atoms with Gasteiger partial charge in [0.1, 0.15) is 0 Å². The van der Waals surface area contributed by atoms with Gasteiger partial charge in [-0.1, -0.05) is 37.1 Å². The van der Waals surface area contributed by atoms with E-state index in [4.69, 9.17) is 16.1 Å². The van der Waals surface area contributed by atoms with Gasteiger partial charge in [0.15, 0.2) is 5.96 Å². The highest BCUT2D eigenvalue weighted by Gasteiger charge is 2.34. The SMILES string of the molecule is NC(N)=NCCCC(NC(=O)C1CCCC1)B(O)OC(=O)NCC1Cc2ccccc2C1. The van der Waals surface area contributed by atoms with Gasteiger partial charge in [-0.3, -0.25) is 9.79 Å². The Morgan fingerprint density at radius 3 is 2.47 bits per heavy atom. The van der Waals surface area contributed by atoms with Crippen LogP contribution in [0.3, 0.4) is 0 Å². The minimum atomic E-state index is -1.46. The average Bonchev–Trinajstić information content (AvgIpc) is 3.43. The first-order valence-electron chi connectivity index (χ1n) is 11.5. The molecule has 32 heavy (non-hydrogen) atoms. The monoisotopic (exact) mass is 443 g/mol. The molecule has 0 aliphatic heterocycles. The van der Waals surface area contributed by atoms with E-state index < -0.39 is 19.2 Å². The maximum Gasteiger partial charge on any atom is 0.549 e. The van der Waals surface area contributed by atoms with Gasteiger partial charge in [-0.25, -0.2) is 4.79 Å². The smallest absolute Gasteiger partial charge is 0.491 e. The van der Waals surface area contributed by atoms with Crippen molar-refractivity contribution in [2.24, 2.45) is 28.3 Å². The van der Waals surface area contributed by atoms with Gasteiger partial charge in [0.2, 0.25) is 5.91 Å². The summed E-state index contributed by atoms with van der Waals surface area (Å²) in [5.41, 5.74) is 13.3. The summed E-state index contributed by atoms with van der Waals surface area (Å²) in [5.74, 6) is -0.601. The fourth-order valence-electron chi connectivity index (χ4n) is 4.55. The van der Waals surface area contributed by atoms with Crippen LogP contribution in [0.2, 0.25) is 0 Å². The summed E-state index contributed by atoms with van der Waals surface area (Å²) in [7, 11) is -1.46. The van der Waals surface area contributed by atoms with E-state index in [1.807, 2.05) is 12.1 Å². The minimum absolute atomic E-state index is 0.0122. The summed E-state index contributed by atoms with van der Waals surface area (Å²) in [6.45, 7) is 0.823. The van der Waals surface area contributed by atoms with Crippen LogP contribution in [0.1, 0.15) is 49.7 Å². The van der Waals surface area contributed by atoms with Crippen LogP contribution in [0.4, 0.5) is 4.79 Å². The largest absolute Gasteiger partial charge is 0.549 e. The minimum Gasteiger partial charge on any atom is -0.491 e. The molecule has 9 nitrogen and oxygen atoms in total. The molecule has 0 heterocycles. The van der Waals surface area contributed by atoms with Gasteiger partial charge >= 0.3 is 13.2 Å². The zero-order valence-corrected chi connectivity index (χ0v) is 18.5. The second-order valence-corrected chi connectivity index (χ2v) is 8.77. The van der Waals surface area contributed by atoms with Crippen LogP contribution in [0.25, 0.3) is 0 Å². The number of rotatable bonds is 10. The summed E-state index contributed by atoms with van der Waals surface area (Å²) in [6, 6.07) is 8.26.